The van der Waals surface area contributed by atoms with Crippen molar-refractivity contribution >= 4 is 6.03 Å². The molecule has 28 heavy (non-hydrogen) atoms. The average molecular weight is 380 g/mol. The van der Waals surface area contributed by atoms with Crippen LogP contribution in [0.1, 0.15) is 43.4 Å². The van der Waals surface area contributed by atoms with E-state index in [0.717, 1.165) is 44.5 Å². The van der Waals surface area contributed by atoms with Crippen molar-refractivity contribution in [2.75, 3.05) is 13.1 Å². The van der Waals surface area contributed by atoms with E-state index in [2.05, 4.69) is 53.6 Å². The van der Waals surface area contributed by atoms with Crippen molar-refractivity contribution in [3.05, 3.63) is 71.3 Å². The third kappa shape index (κ3) is 6.68. The van der Waals surface area contributed by atoms with Gasteiger partial charge in [0.2, 0.25) is 0 Å². The maximum absolute atomic E-state index is 12.2. The number of likely N-dealkylation sites (tertiary alicyclic amines) is 1. The number of hydrogen-bond acceptors (Lipinski definition) is 2. The summed E-state index contributed by atoms with van der Waals surface area (Å²) in [5, 5.41) is 6.11. The van der Waals surface area contributed by atoms with Crippen LogP contribution >= 0.6 is 0 Å². The van der Waals surface area contributed by atoms with Crippen molar-refractivity contribution in [3.63, 3.8) is 0 Å². The molecule has 2 aromatic carbocycles. The van der Waals surface area contributed by atoms with E-state index >= 15 is 0 Å². The first kappa shape index (κ1) is 20.4. The first-order chi connectivity index (χ1) is 13.6. The summed E-state index contributed by atoms with van der Waals surface area (Å²) in [6, 6.07) is 19.2. The van der Waals surface area contributed by atoms with E-state index in [0.29, 0.717) is 12.5 Å². The van der Waals surface area contributed by atoms with Crippen LogP contribution < -0.4 is 10.6 Å². The second kappa shape index (κ2) is 10.3. The lowest BCUT2D eigenvalue weighted by Crippen LogP contribution is -2.50. The molecule has 1 heterocycles. The van der Waals surface area contributed by atoms with Crippen LogP contribution in [0.3, 0.4) is 0 Å². The molecule has 1 aliphatic heterocycles. The number of hydrogen-bond donors (Lipinski definition) is 2. The lowest BCUT2D eigenvalue weighted by molar-refractivity contribution is 0.180. The fraction of sp³-hybridized carbons (Fsp3) is 0.458. The Kier molecular flexibility index (Phi) is 7.49. The number of nitrogens with zero attached hydrogens (tertiary/aromatic N) is 1. The van der Waals surface area contributed by atoms with Crippen LogP contribution in [0.25, 0.3) is 0 Å². The molecule has 2 amide bonds. The van der Waals surface area contributed by atoms with Crippen molar-refractivity contribution in [2.45, 2.75) is 52.2 Å². The molecule has 2 aromatic rings. The molecule has 0 aromatic heterocycles. The summed E-state index contributed by atoms with van der Waals surface area (Å²) in [5.74, 6) is 0.688. The molecule has 0 saturated carbocycles. The minimum absolute atomic E-state index is 0.0752. The van der Waals surface area contributed by atoms with E-state index in [1.165, 1.54) is 11.1 Å². The number of carbonyl (C=O) groups is 1. The van der Waals surface area contributed by atoms with Crippen molar-refractivity contribution in [1.82, 2.24) is 15.5 Å². The van der Waals surface area contributed by atoms with Gasteiger partial charge >= 0.3 is 6.03 Å². The van der Waals surface area contributed by atoms with E-state index in [4.69, 9.17) is 0 Å². The van der Waals surface area contributed by atoms with Crippen molar-refractivity contribution in [3.8, 4) is 0 Å². The number of benzene rings is 2. The smallest absolute Gasteiger partial charge is 0.315 e. The average Bonchev–Trinajstić information content (AvgIpc) is 2.69. The van der Waals surface area contributed by atoms with Gasteiger partial charge < -0.3 is 10.6 Å². The predicted octanol–water partition coefficient (Wildman–Crippen LogP) is 4.35. The van der Waals surface area contributed by atoms with Crippen LogP contribution in [-0.4, -0.2) is 30.1 Å². The van der Waals surface area contributed by atoms with E-state index in [-0.39, 0.29) is 12.1 Å². The highest BCUT2D eigenvalue weighted by molar-refractivity contribution is 5.74. The molecule has 150 valence electrons. The molecule has 0 aliphatic carbocycles. The summed E-state index contributed by atoms with van der Waals surface area (Å²) >= 11 is 0. The van der Waals surface area contributed by atoms with Gasteiger partial charge in [-0.2, -0.15) is 0 Å². The number of nitrogens with one attached hydrogen (secondary N) is 2. The van der Waals surface area contributed by atoms with Gasteiger partial charge in [-0.15, -0.1) is 0 Å². The van der Waals surface area contributed by atoms with Gasteiger partial charge in [0.25, 0.3) is 0 Å². The van der Waals surface area contributed by atoms with Gasteiger partial charge in [0.05, 0.1) is 0 Å². The van der Waals surface area contributed by atoms with E-state index < -0.39 is 0 Å². The summed E-state index contributed by atoms with van der Waals surface area (Å²) < 4.78 is 0. The van der Waals surface area contributed by atoms with Crippen LogP contribution in [0.4, 0.5) is 4.79 Å². The molecular formula is C24H33N3O. The van der Waals surface area contributed by atoms with Crippen LogP contribution in [0.2, 0.25) is 0 Å². The fourth-order valence-electron chi connectivity index (χ4n) is 3.84. The van der Waals surface area contributed by atoms with Gasteiger partial charge in [0.15, 0.2) is 0 Å². The van der Waals surface area contributed by atoms with E-state index in [1.54, 1.807) is 0 Å². The SMILES string of the molecule is CC(C)Cc1ccc(CN2CCCC(NC(=O)NCc3ccccc3)C2)cc1. The molecule has 3 rings (SSSR count). The maximum atomic E-state index is 12.2. The van der Waals surface area contributed by atoms with Crippen LogP contribution in [-0.2, 0) is 19.5 Å². The Bertz CT molecular complexity index is 727. The third-order valence-corrected chi connectivity index (χ3v) is 5.21. The summed E-state index contributed by atoms with van der Waals surface area (Å²) in [4.78, 5) is 14.7. The molecule has 4 heteroatoms. The van der Waals surface area contributed by atoms with E-state index in [1.807, 2.05) is 30.3 Å². The molecule has 4 nitrogen and oxygen atoms in total. The Hall–Kier alpha value is -2.33. The summed E-state index contributed by atoms with van der Waals surface area (Å²) in [6.07, 6.45) is 3.30. The fourth-order valence-corrected chi connectivity index (χ4v) is 3.84. The molecule has 1 aliphatic rings. The molecule has 1 atom stereocenters. The lowest BCUT2D eigenvalue weighted by Gasteiger charge is -2.33. The number of carbonyl (C=O) groups excluding carboxylic acids is 1. The Morgan fingerprint density at radius 1 is 1.04 bits per heavy atom. The number of piperidine rings is 1. The first-order valence-electron chi connectivity index (χ1n) is 10.5. The molecule has 1 fully saturated rings. The normalized spacial score (nSPS) is 17.5. The van der Waals surface area contributed by atoms with Crippen LogP contribution in [0, 0.1) is 5.92 Å². The largest absolute Gasteiger partial charge is 0.334 e. The molecule has 0 bridgehead atoms. The van der Waals surface area contributed by atoms with Gasteiger partial charge in [-0.05, 0) is 48.4 Å². The second-order valence-electron chi connectivity index (χ2n) is 8.30. The van der Waals surface area contributed by atoms with Crippen LogP contribution in [0.15, 0.2) is 54.6 Å². The molecule has 0 spiro atoms. The topological polar surface area (TPSA) is 44.4 Å². The Balaban J connectivity index is 1.44. The Morgan fingerprint density at radius 3 is 2.46 bits per heavy atom. The zero-order chi connectivity index (χ0) is 19.8. The second-order valence-corrected chi connectivity index (χ2v) is 8.30. The van der Waals surface area contributed by atoms with Gasteiger partial charge in [0.1, 0.15) is 0 Å². The Morgan fingerprint density at radius 2 is 1.75 bits per heavy atom. The van der Waals surface area contributed by atoms with E-state index in [9.17, 15) is 4.79 Å². The van der Waals surface area contributed by atoms with Crippen LogP contribution in [0.5, 0.6) is 0 Å². The first-order valence-corrected chi connectivity index (χ1v) is 10.5. The number of amides is 2. The molecule has 0 radical (unpaired) electrons. The monoisotopic (exact) mass is 379 g/mol. The van der Waals surface area contributed by atoms with Gasteiger partial charge in [0, 0.05) is 25.7 Å². The summed E-state index contributed by atoms with van der Waals surface area (Å²) in [7, 11) is 0. The highest BCUT2D eigenvalue weighted by Crippen LogP contribution is 2.15. The molecule has 1 unspecified atom stereocenters. The van der Waals surface area contributed by atoms with Gasteiger partial charge in [-0.1, -0.05) is 68.4 Å². The van der Waals surface area contributed by atoms with Gasteiger partial charge in [-0.3, -0.25) is 4.90 Å². The van der Waals surface area contributed by atoms with Crippen molar-refractivity contribution in [1.29, 1.82) is 0 Å². The van der Waals surface area contributed by atoms with Crippen molar-refractivity contribution < 1.29 is 4.79 Å². The van der Waals surface area contributed by atoms with Gasteiger partial charge in [-0.25, -0.2) is 4.79 Å². The maximum Gasteiger partial charge on any atom is 0.315 e. The summed E-state index contributed by atoms with van der Waals surface area (Å²) in [6.45, 7) is 8.03. The van der Waals surface area contributed by atoms with Crippen molar-refractivity contribution in [2.24, 2.45) is 5.92 Å². The quantitative estimate of drug-likeness (QED) is 0.751. The molecular weight excluding hydrogens is 346 g/mol. The number of rotatable bonds is 7. The highest BCUT2D eigenvalue weighted by atomic mass is 16.2. The Labute approximate surface area is 169 Å². The zero-order valence-corrected chi connectivity index (χ0v) is 17.2. The number of urea groups is 1. The lowest BCUT2D eigenvalue weighted by atomic mass is 10.0. The minimum Gasteiger partial charge on any atom is -0.334 e. The standard InChI is InChI=1S/C24H33N3O/c1-19(2)15-20-10-12-22(13-11-20)17-27-14-6-9-23(18-27)26-24(28)25-16-21-7-4-3-5-8-21/h3-5,7-8,10-13,19,23H,6,9,14-18H2,1-2H3,(H2,25,26,28). The molecule has 2 N–H and O–H groups in total. The predicted molar refractivity (Wildman–Crippen MR) is 115 cm³/mol. The highest BCUT2D eigenvalue weighted by Gasteiger charge is 2.21. The molecule has 1 saturated heterocycles. The third-order valence-electron chi connectivity index (χ3n) is 5.21. The zero-order valence-electron chi connectivity index (χ0n) is 17.2. The minimum atomic E-state index is -0.0752. The summed E-state index contributed by atoms with van der Waals surface area (Å²) in [5.41, 5.74) is 3.87.